The summed E-state index contributed by atoms with van der Waals surface area (Å²) in [6.45, 7) is 3.17. The molecule has 1 aliphatic rings. The van der Waals surface area contributed by atoms with Gasteiger partial charge in [-0.15, -0.1) is 0 Å². The molecule has 2 rings (SSSR count). The van der Waals surface area contributed by atoms with E-state index >= 15 is 0 Å². The monoisotopic (exact) mass is 272 g/mol. The second kappa shape index (κ2) is 5.42. The van der Waals surface area contributed by atoms with Crippen molar-refractivity contribution in [2.24, 2.45) is 5.92 Å². The van der Waals surface area contributed by atoms with Crippen LogP contribution in [0.4, 0.5) is 0 Å². The van der Waals surface area contributed by atoms with Gasteiger partial charge in [-0.1, -0.05) is 13.3 Å². The molecule has 1 aromatic heterocycles. The molecule has 0 aromatic carbocycles. The van der Waals surface area contributed by atoms with E-state index in [2.05, 4.69) is 11.9 Å². The maximum atomic E-state index is 12.3. The molecule has 2 N–H and O–H groups in total. The highest BCUT2D eigenvalue weighted by Crippen LogP contribution is 2.25. The summed E-state index contributed by atoms with van der Waals surface area (Å²) in [6.07, 6.45) is 4.44. The molecule has 0 unspecified atom stereocenters. The Morgan fingerprint density at radius 1 is 1.44 bits per heavy atom. The highest BCUT2D eigenvalue weighted by atomic mass is 32.2. The summed E-state index contributed by atoms with van der Waals surface area (Å²) in [6, 6.07) is 1.50. The zero-order chi connectivity index (χ0) is 13.2. The van der Waals surface area contributed by atoms with Crippen LogP contribution in [0.25, 0.3) is 0 Å². The summed E-state index contributed by atoms with van der Waals surface area (Å²) in [7, 11) is -3.39. The van der Waals surface area contributed by atoms with Crippen LogP contribution >= 0.6 is 0 Å². The first-order valence-corrected chi connectivity index (χ1v) is 7.80. The predicted octanol–water partition coefficient (Wildman–Crippen LogP) is 1.32. The Kier molecular flexibility index (Phi) is 4.09. The molecule has 0 radical (unpaired) electrons. The molecule has 1 aromatic rings. The fraction of sp³-hybridized carbons (Fsp3) is 0.667. The van der Waals surface area contributed by atoms with Crippen LogP contribution in [0.15, 0.2) is 17.2 Å². The van der Waals surface area contributed by atoms with Crippen LogP contribution in [0.1, 0.15) is 31.9 Å². The number of rotatable bonds is 4. The largest absolute Gasteiger partial charge is 0.390 e. The number of piperidine rings is 1. The first-order valence-electron chi connectivity index (χ1n) is 6.36. The summed E-state index contributed by atoms with van der Waals surface area (Å²) in [5.74, 6) is 0.649. The molecular formula is C12H20N2O3S. The number of aromatic nitrogens is 1. The fourth-order valence-electron chi connectivity index (χ4n) is 2.37. The molecule has 18 heavy (non-hydrogen) atoms. The molecule has 6 heteroatoms. The summed E-state index contributed by atoms with van der Waals surface area (Å²) in [4.78, 5) is 3.02. The molecule has 5 nitrogen and oxygen atoms in total. The van der Waals surface area contributed by atoms with Gasteiger partial charge in [-0.25, -0.2) is 8.42 Å². The first kappa shape index (κ1) is 13.6. The van der Waals surface area contributed by atoms with E-state index in [9.17, 15) is 8.42 Å². The minimum Gasteiger partial charge on any atom is -0.390 e. The van der Waals surface area contributed by atoms with Gasteiger partial charge in [-0.3, -0.25) is 0 Å². The van der Waals surface area contributed by atoms with Crippen LogP contribution < -0.4 is 0 Å². The van der Waals surface area contributed by atoms with Gasteiger partial charge < -0.3 is 10.1 Å². The first-order chi connectivity index (χ1) is 8.57. The van der Waals surface area contributed by atoms with E-state index in [-0.39, 0.29) is 11.5 Å². The molecule has 1 aliphatic heterocycles. The standard InChI is InChI=1S/C12H20N2O3S/c1-2-10-3-5-14(6-4-10)18(16,17)12-7-11(9-15)13-8-12/h7-8,10,13,15H,2-6,9H2,1H3. The number of aliphatic hydroxyl groups is 1. The van der Waals surface area contributed by atoms with E-state index in [0.717, 1.165) is 19.3 Å². The van der Waals surface area contributed by atoms with Crippen molar-refractivity contribution in [2.75, 3.05) is 13.1 Å². The van der Waals surface area contributed by atoms with Crippen LogP contribution in [0, 0.1) is 5.92 Å². The Bertz CT molecular complexity index is 487. The van der Waals surface area contributed by atoms with Gasteiger partial charge in [0.05, 0.1) is 11.5 Å². The van der Waals surface area contributed by atoms with Crippen LogP contribution in [0.3, 0.4) is 0 Å². The fourth-order valence-corrected chi connectivity index (χ4v) is 3.85. The lowest BCUT2D eigenvalue weighted by Crippen LogP contribution is -2.38. The molecular weight excluding hydrogens is 252 g/mol. The Balaban J connectivity index is 2.12. The van der Waals surface area contributed by atoms with Gasteiger partial charge >= 0.3 is 0 Å². The van der Waals surface area contributed by atoms with Gasteiger partial charge in [0.15, 0.2) is 0 Å². The number of hydrogen-bond acceptors (Lipinski definition) is 3. The SMILES string of the molecule is CCC1CCN(S(=O)(=O)c2c[nH]c(CO)c2)CC1. The predicted molar refractivity (Wildman–Crippen MR) is 68.5 cm³/mol. The van der Waals surface area contributed by atoms with Gasteiger partial charge in [-0.05, 0) is 24.8 Å². The van der Waals surface area contributed by atoms with Gasteiger partial charge in [0.25, 0.3) is 0 Å². The lowest BCUT2D eigenvalue weighted by Gasteiger charge is -2.30. The number of sulfonamides is 1. The molecule has 0 bridgehead atoms. The molecule has 1 fully saturated rings. The second-order valence-electron chi connectivity index (χ2n) is 4.77. The summed E-state index contributed by atoms with van der Waals surface area (Å²) in [5, 5.41) is 8.95. The number of nitrogens with zero attached hydrogens (tertiary/aromatic N) is 1. The van der Waals surface area contributed by atoms with Crippen molar-refractivity contribution >= 4 is 10.0 Å². The minimum absolute atomic E-state index is 0.173. The quantitative estimate of drug-likeness (QED) is 0.868. The van der Waals surface area contributed by atoms with Crippen molar-refractivity contribution in [3.8, 4) is 0 Å². The van der Waals surface area contributed by atoms with E-state index in [0.29, 0.717) is 24.7 Å². The number of aliphatic hydroxyl groups excluding tert-OH is 1. The highest BCUT2D eigenvalue weighted by Gasteiger charge is 2.29. The summed E-state index contributed by atoms with van der Waals surface area (Å²) >= 11 is 0. The molecule has 0 spiro atoms. The number of H-pyrrole nitrogens is 1. The third-order valence-corrected chi connectivity index (χ3v) is 5.55. The number of hydrogen-bond donors (Lipinski definition) is 2. The average Bonchev–Trinajstić information content (AvgIpc) is 2.88. The van der Waals surface area contributed by atoms with Crippen LogP contribution in [-0.2, 0) is 16.6 Å². The maximum absolute atomic E-state index is 12.3. The van der Waals surface area contributed by atoms with Gasteiger partial charge in [0, 0.05) is 25.0 Å². The molecule has 0 amide bonds. The van der Waals surface area contributed by atoms with E-state index < -0.39 is 10.0 Å². The van der Waals surface area contributed by atoms with Crippen molar-refractivity contribution in [1.29, 1.82) is 0 Å². The van der Waals surface area contributed by atoms with Gasteiger partial charge in [0.1, 0.15) is 0 Å². The topological polar surface area (TPSA) is 73.4 Å². The third-order valence-electron chi connectivity index (χ3n) is 3.68. The molecule has 102 valence electrons. The zero-order valence-corrected chi connectivity index (χ0v) is 11.4. The lowest BCUT2D eigenvalue weighted by molar-refractivity contribution is 0.269. The minimum atomic E-state index is -3.39. The molecule has 0 aliphatic carbocycles. The van der Waals surface area contributed by atoms with Crippen molar-refractivity contribution < 1.29 is 13.5 Å². The highest BCUT2D eigenvalue weighted by molar-refractivity contribution is 7.89. The van der Waals surface area contributed by atoms with Crippen molar-refractivity contribution in [2.45, 2.75) is 37.7 Å². The van der Waals surface area contributed by atoms with Crippen LogP contribution in [0.5, 0.6) is 0 Å². The Morgan fingerprint density at radius 2 is 2.11 bits per heavy atom. The molecule has 0 atom stereocenters. The van der Waals surface area contributed by atoms with Crippen molar-refractivity contribution in [3.05, 3.63) is 18.0 Å². The number of aromatic amines is 1. The average molecular weight is 272 g/mol. The second-order valence-corrected chi connectivity index (χ2v) is 6.71. The Labute approximate surface area is 108 Å². The Hall–Kier alpha value is -0.850. The third kappa shape index (κ3) is 2.60. The van der Waals surface area contributed by atoms with Crippen LogP contribution in [0.2, 0.25) is 0 Å². The van der Waals surface area contributed by atoms with E-state index in [1.54, 1.807) is 4.31 Å². The summed E-state index contributed by atoms with van der Waals surface area (Å²) in [5.41, 5.74) is 0.525. The van der Waals surface area contributed by atoms with E-state index in [1.165, 1.54) is 12.3 Å². The smallest absolute Gasteiger partial charge is 0.244 e. The van der Waals surface area contributed by atoms with E-state index in [4.69, 9.17) is 5.11 Å². The van der Waals surface area contributed by atoms with Gasteiger partial charge in [0.2, 0.25) is 10.0 Å². The summed E-state index contributed by atoms with van der Waals surface area (Å²) < 4.78 is 26.2. The van der Waals surface area contributed by atoms with E-state index in [1.807, 2.05) is 0 Å². The Morgan fingerprint density at radius 3 is 2.61 bits per heavy atom. The molecule has 2 heterocycles. The van der Waals surface area contributed by atoms with Crippen LogP contribution in [-0.4, -0.2) is 35.9 Å². The molecule has 1 saturated heterocycles. The number of nitrogens with one attached hydrogen (secondary N) is 1. The van der Waals surface area contributed by atoms with Gasteiger partial charge in [-0.2, -0.15) is 4.31 Å². The zero-order valence-electron chi connectivity index (χ0n) is 10.6. The maximum Gasteiger partial charge on any atom is 0.244 e. The lowest BCUT2D eigenvalue weighted by atomic mass is 9.96. The molecule has 0 saturated carbocycles. The normalized spacial score (nSPS) is 19.2. The van der Waals surface area contributed by atoms with Crippen molar-refractivity contribution in [3.63, 3.8) is 0 Å². The van der Waals surface area contributed by atoms with Crippen molar-refractivity contribution in [1.82, 2.24) is 9.29 Å².